The third kappa shape index (κ3) is 3.17. The number of carbonyl (C=O) groups is 1. The van der Waals surface area contributed by atoms with Gasteiger partial charge in [-0.2, -0.15) is 0 Å². The molecule has 1 aromatic carbocycles. The summed E-state index contributed by atoms with van der Waals surface area (Å²) in [6, 6.07) is 5.39. The van der Waals surface area contributed by atoms with Crippen LogP contribution in [0.15, 0.2) is 18.2 Å². The highest BCUT2D eigenvalue weighted by Crippen LogP contribution is 2.24. The Morgan fingerprint density at radius 2 is 2.05 bits per heavy atom. The van der Waals surface area contributed by atoms with Crippen LogP contribution in [0, 0.1) is 0 Å². The summed E-state index contributed by atoms with van der Waals surface area (Å²) < 4.78 is 0. The van der Waals surface area contributed by atoms with Crippen molar-refractivity contribution in [3.05, 3.63) is 29.3 Å². The summed E-state index contributed by atoms with van der Waals surface area (Å²) in [7, 11) is 0. The fourth-order valence-corrected chi connectivity index (χ4v) is 2.62. The first-order valence-corrected chi connectivity index (χ1v) is 7.04. The fourth-order valence-electron chi connectivity index (χ4n) is 2.62. The predicted octanol–water partition coefficient (Wildman–Crippen LogP) is 0.512. The first-order valence-electron chi connectivity index (χ1n) is 7.04. The Balaban J connectivity index is 2.12. The number of hydrogen-bond acceptors (Lipinski definition) is 5. The number of hydrogen-bond donors (Lipinski definition) is 3. The molecule has 0 fully saturated rings. The molecule has 3 N–H and O–H groups in total. The van der Waals surface area contributed by atoms with Crippen LogP contribution < -0.4 is 5.32 Å². The zero-order valence-electron chi connectivity index (χ0n) is 11.8. The van der Waals surface area contributed by atoms with Gasteiger partial charge in [-0.3, -0.25) is 9.69 Å². The SMILES string of the molecule is CC(C(=O)c1ccc2c(c1)CCN2)N(CCO)CCO. The molecule has 0 saturated carbocycles. The van der Waals surface area contributed by atoms with Gasteiger partial charge in [-0.05, 0) is 37.1 Å². The number of nitrogens with one attached hydrogen (secondary N) is 1. The fraction of sp³-hybridized carbons (Fsp3) is 0.533. The molecule has 0 spiro atoms. The van der Waals surface area contributed by atoms with Gasteiger partial charge in [0, 0.05) is 30.9 Å². The highest BCUT2D eigenvalue weighted by molar-refractivity contribution is 6.00. The highest BCUT2D eigenvalue weighted by atomic mass is 16.3. The van der Waals surface area contributed by atoms with Gasteiger partial charge in [0.15, 0.2) is 5.78 Å². The van der Waals surface area contributed by atoms with E-state index in [1.165, 1.54) is 5.56 Å². The summed E-state index contributed by atoms with van der Waals surface area (Å²) in [6.07, 6.45) is 0.946. The summed E-state index contributed by atoms with van der Waals surface area (Å²) >= 11 is 0. The van der Waals surface area contributed by atoms with E-state index in [4.69, 9.17) is 10.2 Å². The van der Waals surface area contributed by atoms with Gasteiger partial charge < -0.3 is 15.5 Å². The maximum Gasteiger partial charge on any atom is 0.179 e. The number of aliphatic hydroxyl groups excluding tert-OH is 2. The lowest BCUT2D eigenvalue weighted by atomic mass is 10.0. The predicted molar refractivity (Wildman–Crippen MR) is 78.2 cm³/mol. The number of benzene rings is 1. The quantitative estimate of drug-likeness (QED) is 0.634. The maximum absolute atomic E-state index is 12.5. The van der Waals surface area contributed by atoms with E-state index in [9.17, 15) is 4.79 Å². The van der Waals surface area contributed by atoms with Gasteiger partial charge in [0.05, 0.1) is 19.3 Å². The molecule has 5 heteroatoms. The normalized spacial score (nSPS) is 15.0. The van der Waals surface area contributed by atoms with Crippen molar-refractivity contribution in [1.29, 1.82) is 0 Å². The van der Waals surface area contributed by atoms with Gasteiger partial charge in [-0.1, -0.05) is 0 Å². The Morgan fingerprint density at radius 3 is 2.70 bits per heavy atom. The van der Waals surface area contributed by atoms with E-state index < -0.39 is 0 Å². The standard InChI is InChI=1S/C15H22N2O3/c1-11(17(6-8-18)7-9-19)15(20)13-2-3-14-12(10-13)4-5-16-14/h2-3,10-11,16,18-19H,4-9H2,1H3. The van der Waals surface area contributed by atoms with Crippen molar-refractivity contribution in [3.63, 3.8) is 0 Å². The molecule has 0 saturated heterocycles. The van der Waals surface area contributed by atoms with Crippen molar-refractivity contribution in [2.24, 2.45) is 0 Å². The van der Waals surface area contributed by atoms with Crippen molar-refractivity contribution in [1.82, 2.24) is 4.90 Å². The molecule has 0 bridgehead atoms. The molecular formula is C15H22N2O3. The smallest absolute Gasteiger partial charge is 0.179 e. The number of carbonyl (C=O) groups excluding carboxylic acids is 1. The number of fused-ring (bicyclic) bond motifs is 1. The van der Waals surface area contributed by atoms with Crippen LogP contribution in [-0.4, -0.2) is 59.8 Å². The highest BCUT2D eigenvalue weighted by Gasteiger charge is 2.23. The Bertz CT molecular complexity index is 470. The van der Waals surface area contributed by atoms with Gasteiger partial charge in [0.2, 0.25) is 0 Å². The largest absolute Gasteiger partial charge is 0.395 e. The lowest BCUT2D eigenvalue weighted by Gasteiger charge is -2.26. The molecule has 1 atom stereocenters. The van der Waals surface area contributed by atoms with Crippen molar-refractivity contribution < 1.29 is 15.0 Å². The van der Waals surface area contributed by atoms with Gasteiger partial charge in [-0.25, -0.2) is 0 Å². The molecular weight excluding hydrogens is 256 g/mol. The maximum atomic E-state index is 12.5. The lowest BCUT2D eigenvalue weighted by molar-refractivity contribution is 0.0769. The number of nitrogens with zero attached hydrogens (tertiary/aromatic N) is 1. The zero-order valence-corrected chi connectivity index (χ0v) is 11.8. The van der Waals surface area contributed by atoms with Gasteiger partial charge in [-0.15, -0.1) is 0 Å². The van der Waals surface area contributed by atoms with Crippen LogP contribution in [-0.2, 0) is 6.42 Å². The molecule has 0 aliphatic carbocycles. The van der Waals surface area contributed by atoms with Crippen LogP contribution in [0.25, 0.3) is 0 Å². The third-order valence-electron chi connectivity index (χ3n) is 3.80. The molecule has 1 heterocycles. The minimum atomic E-state index is -0.346. The van der Waals surface area contributed by atoms with Crippen LogP contribution in [0.5, 0.6) is 0 Å². The van der Waals surface area contributed by atoms with Crippen molar-refractivity contribution in [2.45, 2.75) is 19.4 Å². The summed E-state index contributed by atoms with van der Waals surface area (Å²) in [5, 5.41) is 21.4. The van der Waals surface area contributed by atoms with E-state index in [1.807, 2.05) is 25.1 Å². The number of anilines is 1. The van der Waals surface area contributed by atoms with Gasteiger partial charge in [0.25, 0.3) is 0 Å². The molecule has 1 aliphatic heterocycles. The van der Waals surface area contributed by atoms with Crippen LogP contribution in [0.2, 0.25) is 0 Å². The first kappa shape index (κ1) is 15.0. The lowest BCUT2D eigenvalue weighted by Crippen LogP contribution is -2.42. The number of ketones is 1. The number of rotatable bonds is 7. The topological polar surface area (TPSA) is 72.8 Å². The van der Waals surface area contributed by atoms with Crippen LogP contribution >= 0.6 is 0 Å². The van der Waals surface area contributed by atoms with Crippen LogP contribution in [0.4, 0.5) is 5.69 Å². The van der Waals surface area contributed by atoms with Crippen molar-refractivity contribution in [3.8, 4) is 0 Å². The molecule has 110 valence electrons. The Kier molecular flexibility index (Phi) is 5.11. The Hall–Kier alpha value is -1.43. The third-order valence-corrected chi connectivity index (χ3v) is 3.80. The average molecular weight is 278 g/mol. The van der Waals surface area contributed by atoms with E-state index in [2.05, 4.69) is 5.32 Å². The molecule has 1 unspecified atom stereocenters. The average Bonchev–Trinajstić information content (AvgIpc) is 2.92. The Labute approximate surface area is 119 Å². The minimum Gasteiger partial charge on any atom is -0.395 e. The molecule has 0 radical (unpaired) electrons. The molecule has 2 rings (SSSR count). The van der Waals surface area contributed by atoms with Gasteiger partial charge in [0.1, 0.15) is 0 Å². The second-order valence-electron chi connectivity index (χ2n) is 5.07. The minimum absolute atomic E-state index is 0.0221. The molecule has 20 heavy (non-hydrogen) atoms. The second kappa shape index (κ2) is 6.83. The molecule has 5 nitrogen and oxygen atoms in total. The Morgan fingerprint density at radius 1 is 1.35 bits per heavy atom. The van der Waals surface area contributed by atoms with Crippen LogP contribution in [0.3, 0.4) is 0 Å². The molecule has 1 aliphatic rings. The monoisotopic (exact) mass is 278 g/mol. The molecule has 0 amide bonds. The van der Waals surface area contributed by atoms with Gasteiger partial charge >= 0.3 is 0 Å². The molecule has 0 aromatic heterocycles. The zero-order chi connectivity index (χ0) is 14.5. The summed E-state index contributed by atoms with van der Waals surface area (Å²) in [5.41, 5.74) is 2.98. The summed E-state index contributed by atoms with van der Waals surface area (Å²) in [5.74, 6) is 0.0293. The second-order valence-corrected chi connectivity index (χ2v) is 5.07. The van der Waals surface area contributed by atoms with E-state index in [0.29, 0.717) is 18.7 Å². The number of Topliss-reactive ketones (excluding diaryl/α,β-unsaturated/α-hetero) is 1. The first-order chi connectivity index (χ1) is 9.67. The summed E-state index contributed by atoms with van der Waals surface area (Å²) in [4.78, 5) is 14.3. The van der Waals surface area contributed by atoms with Crippen molar-refractivity contribution in [2.75, 3.05) is 38.2 Å². The molecule has 1 aromatic rings. The van der Waals surface area contributed by atoms with Crippen LogP contribution in [0.1, 0.15) is 22.8 Å². The number of aliphatic hydroxyl groups is 2. The van der Waals surface area contributed by atoms with E-state index in [1.54, 1.807) is 4.90 Å². The van der Waals surface area contributed by atoms with E-state index in [-0.39, 0.29) is 25.0 Å². The van der Waals surface area contributed by atoms with Crippen molar-refractivity contribution >= 4 is 11.5 Å². The van der Waals surface area contributed by atoms with E-state index in [0.717, 1.165) is 18.7 Å². The summed E-state index contributed by atoms with van der Waals surface area (Å²) in [6.45, 7) is 3.47. The van der Waals surface area contributed by atoms with E-state index >= 15 is 0 Å².